The minimum absolute atomic E-state index is 0.639. The molecular weight excluding hydrogens is 229 g/mol. The number of hydrogen-bond acceptors (Lipinski definition) is 2. The van der Waals surface area contributed by atoms with E-state index in [1.54, 1.807) is 0 Å². The van der Waals surface area contributed by atoms with E-state index in [1.165, 1.54) is 10.8 Å². The molecule has 1 rings (SSSR count). The van der Waals surface area contributed by atoms with Crippen LogP contribution in [0.3, 0.4) is 0 Å². The zero-order valence-electron chi connectivity index (χ0n) is 5.40. The average molecular weight is 241 g/mol. The van der Waals surface area contributed by atoms with Gasteiger partial charge in [-0.3, -0.25) is 0 Å². The quantitative estimate of drug-likeness (QED) is 0.583. The van der Waals surface area contributed by atoms with Crippen LogP contribution in [0.15, 0.2) is 0 Å². The Balaban J connectivity index is 1.98. The van der Waals surface area contributed by atoms with Gasteiger partial charge in [0.15, 0.2) is 0 Å². The Morgan fingerprint density at radius 3 is 3.11 bits per heavy atom. The zero-order valence-corrected chi connectivity index (χ0v) is 7.56. The third-order valence-corrected chi connectivity index (χ3v) is 2.00. The van der Waals surface area contributed by atoms with Crippen molar-refractivity contribution in [3.8, 4) is 0 Å². The molecule has 0 bridgehead atoms. The summed E-state index contributed by atoms with van der Waals surface area (Å²) in [5, 5.41) is 3.40. The fourth-order valence-electron chi connectivity index (χ4n) is 0.954. The minimum Gasteiger partial charge on any atom is -0.380 e. The Kier molecular flexibility index (Phi) is 3.85. The van der Waals surface area contributed by atoms with Gasteiger partial charge >= 0.3 is 0 Å². The molecule has 0 amide bonds. The first-order valence-corrected chi connectivity index (χ1v) is 4.83. The molecular formula is C6H12INO. The van der Waals surface area contributed by atoms with E-state index in [0.717, 1.165) is 19.8 Å². The number of halogens is 1. The third kappa shape index (κ3) is 2.82. The topological polar surface area (TPSA) is 21.3 Å². The van der Waals surface area contributed by atoms with Crippen molar-refractivity contribution in [3.05, 3.63) is 0 Å². The maximum Gasteiger partial charge on any atom is 0.0620 e. The Morgan fingerprint density at radius 1 is 1.67 bits per heavy atom. The standard InChI is InChI=1S/C6H12INO/c7-2-3-8-6-1-4-9-5-6/h6,8H,1-5H2. The number of nitrogens with one attached hydrogen (secondary N) is 1. The lowest BCUT2D eigenvalue weighted by Gasteiger charge is -2.06. The second-order valence-corrected chi connectivity index (χ2v) is 3.28. The fourth-order valence-corrected chi connectivity index (χ4v) is 1.27. The molecule has 9 heavy (non-hydrogen) atoms. The van der Waals surface area contributed by atoms with Crippen molar-refractivity contribution in [2.24, 2.45) is 0 Å². The summed E-state index contributed by atoms with van der Waals surface area (Å²) < 4.78 is 6.38. The van der Waals surface area contributed by atoms with Gasteiger partial charge in [0.05, 0.1) is 6.61 Å². The molecule has 1 aliphatic heterocycles. The molecule has 0 spiro atoms. The predicted octanol–water partition coefficient (Wildman–Crippen LogP) is 0.800. The second kappa shape index (κ2) is 4.46. The van der Waals surface area contributed by atoms with Crippen LogP contribution in [0.5, 0.6) is 0 Å². The summed E-state index contributed by atoms with van der Waals surface area (Å²) in [6, 6.07) is 0.639. The Bertz CT molecular complexity index is 73.5. The maximum absolute atomic E-state index is 5.19. The summed E-state index contributed by atoms with van der Waals surface area (Å²) in [6.07, 6.45) is 1.19. The van der Waals surface area contributed by atoms with Gasteiger partial charge in [0.25, 0.3) is 0 Å². The molecule has 1 fully saturated rings. The van der Waals surface area contributed by atoms with E-state index in [4.69, 9.17) is 4.74 Å². The predicted molar refractivity (Wildman–Crippen MR) is 46.1 cm³/mol. The van der Waals surface area contributed by atoms with Gasteiger partial charge in [0.2, 0.25) is 0 Å². The minimum atomic E-state index is 0.639. The molecule has 54 valence electrons. The van der Waals surface area contributed by atoms with Gasteiger partial charge in [-0.1, -0.05) is 22.6 Å². The summed E-state index contributed by atoms with van der Waals surface area (Å²) in [5.74, 6) is 0. The van der Waals surface area contributed by atoms with E-state index < -0.39 is 0 Å². The maximum atomic E-state index is 5.19. The number of rotatable bonds is 3. The smallest absolute Gasteiger partial charge is 0.0620 e. The van der Waals surface area contributed by atoms with Gasteiger partial charge < -0.3 is 10.1 Å². The fraction of sp³-hybridized carbons (Fsp3) is 1.00. The van der Waals surface area contributed by atoms with E-state index in [-0.39, 0.29) is 0 Å². The van der Waals surface area contributed by atoms with Gasteiger partial charge in [-0.25, -0.2) is 0 Å². The molecule has 0 aliphatic carbocycles. The second-order valence-electron chi connectivity index (χ2n) is 2.20. The molecule has 1 atom stereocenters. The van der Waals surface area contributed by atoms with Gasteiger partial charge in [0, 0.05) is 23.6 Å². The summed E-state index contributed by atoms with van der Waals surface area (Å²) in [7, 11) is 0. The van der Waals surface area contributed by atoms with E-state index in [9.17, 15) is 0 Å². The highest BCUT2D eigenvalue weighted by Crippen LogP contribution is 2.02. The lowest BCUT2D eigenvalue weighted by molar-refractivity contribution is 0.190. The van der Waals surface area contributed by atoms with Crippen LogP contribution in [-0.4, -0.2) is 30.2 Å². The van der Waals surface area contributed by atoms with E-state index >= 15 is 0 Å². The van der Waals surface area contributed by atoms with Crippen molar-refractivity contribution < 1.29 is 4.74 Å². The summed E-state index contributed by atoms with van der Waals surface area (Å²) in [4.78, 5) is 0. The van der Waals surface area contributed by atoms with Crippen LogP contribution in [0.4, 0.5) is 0 Å². The van der Waals surface area contributed by atoms with Gasteiger partial charge in [-0.05, 0) is 6.42 Å². The molecule has 0 saturated carbocycles. The first-order chi connectivity index (χ1) is 4.43. The first-order valence-electron chi connectivity index (χ1n) is 3.30. The highest BCUT2D eigenvalue weighted by atomic mass is 127. The van der Waals surface area contributed by atoms with E-state index in [2.05, 4.69) is 27.9 Å². The molecule has 0 aromatic rings. The normalized spacial score (nSPS) is 27.0. The molecule has 1 aliphatic rings. The van der Waals surface area contributed by atoms with Crippen LogP contribution < -0.4 is 5.32 Å². The summed E-state index contributed by atoms with van der Waals surface area (Å²) >= 11 is 2.37. The highest BCUT2D eigenvalue weighted by molar-refractivity contribution is 14.1. The molecule has 3 heteroatoms. The number of hydrogen-bond donors (Lipinski definition) is 1. The molecule has 1 N–H and O–H groups in total. The van der Waals surface area contributed by atoms with Crippen molar-refractivity contribution in [2.75, 3.05) is 24.2 Å². The first kappa shape index (κ1) is 7.75. The van der Waals surface area contributed by atoms with Crippen LogP contribution in [0, 0.1) is 0 Å². The molecule has 0 radical (unpaired) electrons. The molecule has 2 nitrogen and oxygen atoms in total. The molecule has 1 saturated heterocycles. The van der Waals surface area contributed by atoms with Crippen molar-refractivity contribution in [1.29, 1.82) is 0 Å². The summed E-state index contributed by atoms with van der Waals surface area (Å²) in [6.45, 7) is 2.98. The lowest BCUT2D eigenvalue weighted by Crippen LogP contribution is -2.30. The zero-order chi connectivity index (χ0) is 6.53. The SMILES string of the molecule is ICCNC1CCOC1. The van der Waals surface area contributed by atoms with Crippen LogP contribution in [0.2, 0.25) is 0 Å². The largest absolute Gasteiger partial charge is 0.380 e. The average Bonchev–Trinajstić information content (AvgIpc) is 2.34. The van der Waals surface area contributed by atoms with Gasteiger partial charge in [0.1, 0.15) is 0 Å². The molecule has 1 heterocycles. The van der Waals surface area contributed by atoms with Crippen LogP contribution in [0.1, 0.15) is 6.42 Å². The van der Waals surface area contributed by atoms with E-state index in [1.807, 2.05) is 0 Å². The van der Waals surface area contributed by atoms with Crippen molar-refractivity contribution in [1.82, 2.24) is 5.32 Å². The van der Waals surface area contributed by atoms with E-state index in [0.29, 0.717) is 6.04 Å². The number of alkyl halides is 1. The van der Waals surface area contributed by atoms with Gasteiger partial charge in [-0.15, -0.1) is 0 Å². The Morgan fingerprint density at radius 2 is 2.56 bits per heavy atom. The molecule has 1 unspecified atom stereocenters. The van der Waals surface area contributed by atoms with Crippen molar-refractivity contribution in [2.45, 2.75) is 12.5 Å². The van der Waals surface area contributed by atoms with Gasteiger partial charge in [-0.2, -0.15) is 0 Å². The third-order valence-electron chi connectivity index (χ3n) is 1.46. The molecule has 0 aromatic heterocycles. The molecule has 0 aromatic carbocycles. The van der Waals surface area contributed by atoms with Crippen LogP contribution in [0.25, 0.3) is 0 Å². The Hall–Kier alpha value is 0.650. The van der Waals surface area contributed by atoms with Crippen molar-refractivity contribution in [3.63, 3.8) is 0 Å². The van der Waals surface area contributed by atoms with Crippen molar-refractivity contribution >= 4 is 22.6 Å². The Labute approximate surface area is 69.5 Å². The monoisotopic (exact) mass is 241 g/mol. The van der Waals surface area contributed by atoms with Crippen LogP contribution in [-0.2, 0) is 4.74 Å². The number of ether oxygens (including phenoxy) is 1. The van der Waals surface area contributed by atoms with Crippen LogP contribution >= 0.6 is 22.6 Å². The summed E-state index contributed by atoms with van der Waals surface area (Å²) in [5.41, 5.74) is 0. The lowest BCUT2D eigenvalue weighted by atomic mass is 10.3. The highest BCUT2D eigenvalue weighted by Gasteiger charge is 2.13.